The van der Waals surface area contributed by atoms with Crippen LogP contribution in [0.5, 0.6) is 0 Å². The largest absolute Gasteiger partial charge is 0.398 e. The molecule has 0 saturated heterocycles. The van der Waals surface area contributed by atoms with Crippen LogP contribution in [0.1, 0.15) is 47.2 Å². The smallest absolute Gasteiger partial charge is 0.0520 e. The minimum atomic E-state index is 0.870. The number of hydrogen-bond acceptors (Lipinski definition) is 2. The molecule has 6 rings (SSSR count). The molecule has 0 amide bonds. The molecule has 0 fully saturated rings. The van der Waals surface area contributed by atoms with Gasteiger partial charge < -0.3 is 10.6 Å². The number of nitrogens with zero attached hydrogens (tertiary/aromatic N) is 1. The Morgan fingerprint density at radius 3 is 1.04 bits per heavy atom. The quantitative estimate of drug-likeness (QED) is 0.176. The first-order valence-electron chi connectivity index (χ1n) is 16.4. The van der Waals surface area contributed by atoms with Crippen molar-refractivity contribution in [1.29, 1.82) is 0 Å². The highest BCUT2D eigenvalue weighted by atomic mass is 15.1. The van der Waals surface area contributed by atoms with E-state index in [9.17, 15) is 0 Å². The van der Waals surface area contributed by atoms with Crippen LogP contribution in [0.15, 0.2) is 121 Å². The van der Waals surface area contributed by atoms with E-state index in [0.29, 0.717) is 0 Å². The van der Waals surface area contributed by atoms with Crippen molar-refractivity contribution in [2.24, 2.45) is 0 Å². The summed E-state index contributed by atoms with van der Waals surface area (Å²) in [6, 6.07) is 44.8. The standard InChI is InChI=1S/C44H44N2/c1-7-33-9-13-35(14-10-33)37-17-21-41(22-18-37)46(42-23-19-38(20-24-42)36-15-11-34(8-2)12-16-36)44-31(5)27-40(28-32(44)6)39-25-29(3)43(45)30(4)26-39/h9-28H,7-8,45H2,1-6H3. The van der Waals surface area contributed by atoms with Crippen LogP contribution in [0.3, 0.4) is 0 Å². The first-order valence-corrected chi connectivity index (χ1v) is 16.4. The number of benzene rings is 6. The van der Waals surface area contributed by atoms with Gasteiger partial charge in [-0.05, 0) is 156 Å². The SMILES string of the molecule is CCc1ccc(-c2ccc(N(c3ccc(-c4ccc(CC)cc4)cc3)c3c(C)cc(-c4cc(C)c(N)c(C)c4)cc3C)cc2)cc1. The Balaban J connectivity index is 1.43. The molecule has 0 atom stereocenters. The first kappa shape index (κ1) is 30.9. The van der Waals surface area contributed by atoms with E-state index in [0.717, 1.165) is 41.0 Å². The summed E-state index contributed by atoms with van der Waals surface area (Å²) in [7, 11) is 0. The lowest BCUT2D eigenvalue weighted by Crippen LogP contribution is -2.13. The zero-order chi connectivity index (χ0) is 32.4. The van der Waals surface area contributed by atoms with Crippen LogP contribution in [-0.2, 0) is 12.8 Å². The van der Waals surface area contributed by atoms with Gasteiger partial charge in [-0.3, -0.25) is 0 Å². The number of aryl methyl sites for hydroxylation is 6. The number of hydrogen-bond donors (Lipinski definition) is 1. The maximum absolute atomic E-state index is 6.30. The van der Waals surface area contributed by atoms with Crippen LogP contribution >= 0.6 is 0 Å². The van der Waals surface area contributed by atoms with Gasteiger partial charge in [-0.2, -0.15) is 0 Å². The summed E-state index contributed by atoms with van der Waals surface area (Å²) >= 11 is 0. The molecule has 0 aromatic heterocycles. The van der Waals surface area contributed by atoms with Gasteiger partial charge in [-0.1, -0.05) is 86.6 Å². The molecule has 6 aromatic carbocycles. The molecule has 0 spiro atoms. The van der Waals surface area contributed by atoms with Gasteiger partial charge in [-0.15, -0.1) is 0 Å². The predicted octanol–water partition coefficient (Wildman–Crippen LogP) is 12.1. The molecule has 2 nitrogen and oxygen atoms in total. The monoisotopic (exact) mass is 600 g/mol. The summed E-state index contributed by atoms with van der Waals surface area (Å²) in [5.41, 5.74) is 25.3. The number of rotatable bonds is 8. The summed E-state index contributed by atoms with van der Waals surface area (Å²) in [4.78, 5) is 2.40. The van der Waals surface area contributed by atoms with E-state index in [4.69, 9.17) is 5.73 Å². The summed E-state index contributed by atoms with van der Waals surface area (Å²) in [6.07, 6.45) is 2.10. The van der Waals surface area contributed by atoms with Gasteiger partial charge in [0.05, 0.1) is 5.69 Å². The van der Waals surface area contributed by atoms with Crippen LogP contribution in [0.4, 0.5) is 22.7 Å². The second-order valence-corrected chi connectivity index (χ2v) is 12.5. The molecule has 46 heavy (non-hydrogen) atoms. The molecule has 0 aliphatic carbocycles. The van der Waals surface area contributed by atoms with Gasteiger partial charge in [0.25, 0.3) is 0 Å². The van der Waals surface area contributed by atoms with Crippen molar-refractivity contribution in [1.82, 2.24) is 0 Å². The molecular weight excluding hydrogens is 556 g/mol. The lowest BCUT2D eigenvalue weighted by molar-refractivity contribution is 1.14. The number of anilines is 4. The summed E-state index contributed by atoms with van der Waals surface area (Å²) in [5, 5.41) is 0. The van der Waals surface area contributed by atoms with E-state index in [2.05, 4.69) is 168 Å². The molecule has 230 valence electrons. The van der Waals surface area contributed by atoms with E-state index in [1.54, 1.807) is 0 Å². The lowest BCUT2D eigenvalue weighted by Gasteiger charge is -2.29. The lowest BCUT2D eigenvalue weighted by atomic mass is 9.94. The van der Waals surface area contributed by atoms with Crippen molar-refractivity contribution >= 4 is 22.7 Å². The van der Waals surface area contributed by atoms with E-state index in [1.165, 1.54) is 61.3 Å². The van der Waals surface area contributed by atoms with Crippen LogP contribution < -0.4 is 10.6 Å². The topological polar surface area (TPSA) is 29.3 Å². The summed E-state index contributed by atoms with van der Waals surface area (Å²) < 4.78 is 0. The molecule has 0 bridgehead atoms. The third-order valence-electron chi connectivity index (χ3n) is 9.28. The maximum atomic E-state index is 6.30. The van der Waals surface area contributed by atoms with Gasteiger partial charge in [0.1, 0.15) is 0 Å². The summed E-state index contributed by atoms with van der Waals surface area (Å²) in [6.45, 7) is 13.0. The zero-order valence-corrected chi connectivity index (χ0v) is 28.0. The summed E-state index contributed by atoms with van der Waals surface area (Å²) in [5.74, 6) is 0. The molecule has 2 heteroatoms. The van der Waals surface area contributed by atoms with Gasteiger partial charge in [0, 0.05) is 17.1 Å². The molecule has 0 heterocycles. The molecule has 0 radical (unpaired) electrons. The first-order chi connectivity index (χ1) is 22.2. The molecule has 0 unspecified atom stereocenters. The predicted molar refractivity (Wildman–Crippen MR) is 200 cm³/mol. The Morgan fingerprint density at radius 2 is 0.717 bits per heavy atom. The van der Waals surface area contributed by atoms with Crippen molar-refractivity contribution < 1.29 is 0 Å². The highest BCUT2D eigenvalue weighted by Crippen LogP contribution is 2.42. The minimum absolute atomic E-state index is 0.870. The Hall–Kier alpha value is -5.08. The normalized spacial score (nSPS) is 11.1. The van der Waals surface area contributed by atoms with Crippen molar-refractivity contribution in [3.05, 3.63) is 155 Å². The number of nitrogen functional groups attached to an aromatic ring is 1. The third-order valence-corrected chi connectivity index (χ3v) is 9.28. The van der Waals surface area contributed by atoms with E-state index < -0.39 is 0 Å². The molecule has 6 aromatic rings. The maximum Gasteiger partial charge on any atom is 0.0520 e. The second-order valence-electron chi connectivity index (χ2n) is 12.5. The van der Waals surface area contributed by atoms with Crippen molar-refractivity contribution in [2.45, 2.75) is 54.4 Å². The van der Waals surface area contributed by atoms with Crippen LogP contribution in [0, 0.1) is 27.7 Å². The third kappa shape index (κ3) is 6.21. The molecule has 0 aliphatic heterocycles. The average Bonchev–Trinajstić information content (AvgIpc) is 3.09. The van der Waals surface area contributed by atoms with Crippen molar-refractivity contribution in [3.8, 4) is 33.4 Å². The van der Waals surface area contributed by atoms with Crippen molar-refractivity contribution in [2.75, 3.05) is 10.6 Å². The van der Waals surface area contributed by atoms with Crippen LogP contribution in [-0.4, -0.2) is 0 Å². The van der Waals surface area contributed by atoms with Crippen LogP contribution in [0.25, 0.3) is 33.4 Å². The molecule has 0 aliphatic rings. The fourth-order valence-electron chi connectivity index (χ4n) is 6.50. The average molecular weight is 601 g/mol. The molecule has 0 saturated carbocycles. The Labute approximate surface area is 275 Å². The van der Waals surface area contributed by atoms with E-state index in [-0.39, 0.29) is 0 Å². The zero-order valence-electron chi connectivity index (χ0n) is 28.0. The van der Waals surface area contributed by atoms with E-state index in [1.807, 2.05) is 0 Å². The fourth-order valence-corrected chi connectivity index (χ4v) is 6.50. The number of nitrogens with two attached hydrogens (primary N) is 1. The Bertz CT molecular complexity index is 1830. The Kier molecular flexibility index (Phi) is 8.81. The van der Waals surface area contributed by atoms with E-state index >= 15 is 0 Å². The van der Waals surface area contributed by atoms with Crippen LogP contribution in [0.2, 0.25) is 0 Å². The fraction of sp³-hybridized carbons (Fsp3) is 0.182. The van der Waals surface area contributed by atoms with Crippen molar-refractivity contribution in [3.63, 3.8) is 0 Å². The van der Waals surface area contributed by atoms with Gasteiger partial charge >= 0.3 is 0 Å². The van der Waals surface area contributed by atoms with Gasteiger partial charge in [-0.25, -0.2) is 0 Å². The highest BCUT2D eigenvalue weighted by molar-refractivity contribution is 5.85. The highest BCUT2D eigenvalue weighted by Gasteiger charge is 2.19. The second kappa shape index (κ2) is 13.1. The Morgan fingerprint density at radius 1 is 0.413 bits per heavy atom. The molecular formula is C44H44N2. The van der Waals surface area contributed by atoms with Gasteiger partial charge in [0.15, 0.2) is 0 Å². The minimum Gasteiger partial charge on any atom is -0.398 e. The molecule has 2 N–H and O–H groups in total. The van der Waals surface area contributed by atoms with Gasteiger partial charge in [0.2, 0.25) is 0 Å².